The lowest BCUT2D eigenvalue weighted by Crippen LogP contribution is -2.40. The minimum Gasteiger partial charge on any atom is -0.493 e. The Morgan fingerprint density at radius 2 is 2.03 bits per heavy atom. The van der Waals surface area contributed by atoms with Crippen molar-refractivity contribution in [3.05, 3.63) is 59.0 Å². The molecule has 0 spiro atoms. The number of aliphatic hydroxyl groups excluding tert-OH is 1. The van der Waals surface area contributed by atoms with Crippen LogP contribution < -0.4 is 15.1 Å². The Labute approximate surface area is 173 Å². The zero-order chi connectivity index (χ0) is 21.1. The average molecular weight is 409 g/mol. The van der Waals surface area contributed by atoms with Gasteiger partial charge >= 0.3 is 5.63 Å². The molecule has 0 saturated carbocycles. The Bertz CT molecular complexity index is 1100. The number of amides is 1. The van der Waals surface area contributed by atoms with Crippen molar-refractivity contribution in [3.8, 4) is 22.6 Å². The number of hydrogen-bond acceptors (Lipinski definition) is 6. The fourth-order valence-electron chi connectivity index (χ4n) is 3.79. The van der Waals surface area contributed by atoms with E-state index in [0.717, 1.165) is 18.2 Å². The number of carbonyl (C=O) groups is 1. The molecular weight excluding hydrogens is 386 g/mol. The molecule has 1 N–H and O–H groups in total. The van der Waals surface area contributed by atoms with E-state index in [9.17, 15) is 14.7 Å². The molecule has 3 aromatic rings. The fourth-order valence-corrected chi connectivity index (χ4v) is 3.79. The molecular formula is C23H23NO6. The van der Waals surface area contributed by atoms with Gasteiger partial charge in [0.25, 0.3) is 5.91 Å². The van der Waals surface area contributed by atoms with Gasteiger partial charge in [0.15, 0.2) is 17.9 Å². The minimum atomic E-state index is -0.458. The first-order valence-corrected chi connectivity index (χ1v) is 9.85. The monoisotopic (exact) mass is 409 g/mol. The summed E-state index contributed by atoms with van der Waals surface area (Å²) in [6, 6.07) is 14.0. The Hall–Kier alpha value is -3.32. The van der Waals surface area contributed by atoms with Crippen LogP contribution in [0.5, 0.6) is 11.5 Å². The molecule has 0 bridgehead atoms. The number of fused-ring (bicyclic) bond motifs is 1. The maximum atomic E-state index is 12.5. The molecule has 7 nitrogen and oxygen atoms in total. The van der Waals surface area contributed by atoms with Gasteiger partial charge in [0.2, 0.25) is 0 Å². The average Bonchev–Trinajstić information content (AvgIpc) is 3.26. The van der Waals surface area contributed by atoms with Crippen LogP contribution in [-0.4, -0.2) is 48.8 Å². The number of ether oxygens (including phenoxy) is 2. The second-order valence-corrected chi connectivity index (χ2v) is 7.20. The second kappa shape index (κ2) is 8.59. The van der Waals surface area contributed by atoms with E-state index < -0.39 is 5.63 Å². The molecule has 1 fully saturated rings. The standard InChI is InChI=1S/C23H23NO6/c1-28-20-6-2-4-16-12-19(23(27)30-22(16)20)15-7-9-18(10-8-15)29-14-21(26)24-11-3-5-17(24)13-25/h2,4,6-10,12,17,25H,3,5,11,13-14H2,1H3/t17-/m0/s1. The van der Waals surface area contributed by atoms with Crippen molar-refractivity contribution in [2.24, 2.45) is 0 Å². The topological polar surface area (TPSA) is 89.2 Å². The molecule has 156 valence electrons. The van der Waals surface area contributed by atoms with Crippen molar-refractivity contribution >= 4 is 16.9 Å². The molecule has 1 atom stereocenters. The van der Waals surface area contributed by atoms with Crippen molar-refractivity contribution in [3.63, 3.8) is 0 Å². The number of aliphatic hydroxyl groups is 1. The highest BCUT2D eigenvalue weighted by atomic mass is 16.5. The normalized spacial score (nSPS) is 16.1. The number of hydrogen-bond donors (Lipinski definition) is 1. The third-order valence-electron chi connectivity index (χ3n) is 5.38. The first-order chi connectivity index (χ1) is 14.6. The Balaban J connectivity index is 1.49. The molecule has 0 unspecified atom stereocenters. The number of likely N-dealkylation sites (tertiary alicyclic amines) is 1. The van der Waals surface area contributed by atoms with Crippen LogP contribution in [-0.2, 0) is 4.79 Å². The van der Waals surface area contributed by atoms with Gasteiger partial charge in [0.1, 0.15) is 5.75 Å². The van der Waals surface area contributed by atoms with Gasteiger partial charge in [-0.3, -0.25) is 4.79 Å². The number of methoxy groups -OCH3 is 1. The molecule has 4 rings (SSSR count). The van der Waals surface area contributed by atoms with Crippen LogP contribution >= 0.6 is 0 Å². The molecule has 2 heterocycles. The minimum absolute atomic E-state index is 0.0271. The highest BCUT2D eigenvalue weighted by Gasteiger charge is 2.28. The van der Waals surface area contributed by atoms with Crippen LogP contribution in [0.1, 0.15) is 12.8 Å². The molecule has 1 aliphatic heterocycles. The number of para-hydroxylation sites is 1. The van der Waals surface area contributed by atoms with E-state index in [2.05, 4.69) is 0 Å². The second-order valence-electron chi connectivity index (χ2n) is 7.20. The van der Waals surface area contributed by atoms with Crippen LogP contribution in [0.3, 0.4) is 0 Å². The van der Waals surface area contributed by atoms with E-state index in [4.69, 9.17) is 13.9 Å². The van der Waals surface area contributed by atoms with Crippen LogP contribution in [0.25, 0.3) is 22.1 Å². The first-order valence-electron chi connectivity index (χ1n) is 9.85. The van der Waals surface area contributed by atoms with Gasteiger partial charge in [0, 0.05) is 11.9 Å². The first kappa shape index (κ1) is 20.0. The van der Waals surface area contributed by atoms with Gasteiger partial charge in [-0.1, -0.05) is 24.3 Å². The fraction of sp³-hybridized carbons (Fsp3) is 0.304. The Morgan fingerprint density at radius 1 is 1.23 bits per heavy atom. The maximum Gasteiger partial charge on any atom is 0.344 e. The summed E-state index contributed by atoms with van der Waals surface area (Å²) >= 11 is 0. The summed E-state index contributed by atoms with van der Waals surface area (Å²) in [4.78, 5) is 26.5. The van der Waals surface area contributed by atoms with Gasteiger partial charge in [-0.05, 0) is 42.7 Å². The predicted molar refractivity (Wildman–Crippen MR) is 112 cm³/mol. The van der Waals surface area contributed by atoms with Crippen LogP contribution in [0.4, 0.5) is 0 Å². The lowest BCUT2D eigenvalue weighted by atomic mass is 10.1. The highest BCUT2D eigenvalue weighted by molar-refractivity contribution is 5.86. The summed E-state index contributed by atoms with van der Waals surface area (Å²) in [5, 5.41) is 10.1. The molecule has 1 aromatic heterocycles. The molecule has 0 aliphatic carbocycles. The van der Waals surface area contributed by atoms with Crippen molar-refractivity contribution in [1.29, 1.82) is 0 Å². The molecule has 30 heavy (non-hydrogen) atoms. The number of carbonyl (C=O) groups excluding carboxylic acids is 1. The Kier molecular flexibility index (Phi) is 5.72. The number of nitrogens with zero attached hydrogens (tertiary/aromatic N) is 1. The van der Waals surface area contributed by atoms with E-state index in [1.165, 1.54) is 7.11 Å². The quantitative estimate of drug-likeness (QED) is 0.630. The van der Waals surface area contributed by atoms with Crippen molar-refractivity contribution < 1.29 is 23.8 Å². The summed E-state index contributed by atoms with van der Waals surface area (Å²) in [6.07, 6.45) is 1.71. The van der Waals surface area contributed by atoms with Gasteiger partial charge in [-0.15, -0.1) is 0 Å². The molecule has 7 heteroatoms. The summed E-state index contributed by atoms with van der Waals surface area (Å²) in [7, 11) is 1.53. The molecule has 1 amide bonds. The van der Waals surface area contributed by atoms with E-state index in [0.29, 0.717) is 34.8 Å². The summed E-state index contributed by atoms with van der Waals surface area (Å²) < 4.78 is 16.3. The van der Waals surface area contributed by atoms with Gasteiger partial charge in [-0.2, -0.15) is 0 Å². The van der Waals surface area contributed by atoms with Crippen LogP contribution in [0.2, 0.25) is 0 Å². The third-order valence-corrected chi connectivity index (χ3v) is 5.38. The molecule has 2 aromatic carbocycles. The van der Waals surface area contributed by atoms with E-state index in [1.54, 1.807) is 41.3 Å². The zero-order valence-corrected chi connectivity index (χ0v) is 16.7. The van der Waals surface area contributed by atoms with Crippen LogP contribution in [0.15, 0.2) is 57.7 Å². The van der Waals surface area contributed by atoms with Gasteiger partial charge in [0.05, 0.1) is 25.3 Å². The largest absolute Gasteiger partial charge is 0.493 e. The zero-order valence-electron chi connectivity index (χ0n) is 16.7. The summed E-state index contributed by atoms with van der Waals surface area (Å²) in [5.41, 5.74) is 1.07. The predicted octanol–water partition coefficient (Wildman–Crippen LogP) is 2.83. The van der Waals surface area contributed by atoms with Crippen molar-refractivity contribution in [2.45, 2.75) is 18.9 Å². The third kappa shape index (κ3) is 3.89. The SMILES string of the molecule is COc1cccc2cc(-c3ccc(OCC(=O)N4CCC[C@H]4CO)cc3)c(=O)oc12. The van der Waals surface area contributed by atoms with E-state index in [-0.39, 0.29) is 25.2 Å². The maximum absolute atomic E-state index is 12.5. The van der Waals surface area contributed by atoms with Crippen LogP contribution in [0, 0.1) is 0 Å². The molecule has 1 saturated heterocycles. The number of benzene rings is 2. The lowest BCUT2D eigenvalue weighted by molar-refractivity contribution is -0.134. The highest BCUT2D eigenvalue weighted by Crippen LogP contribution is 2.28. The smallest absolute Gasteiger partial charge is 0.344 e. The summed E-state index contributed by atoms with van der Waals surface area (Å²) in [6.45, 7) is 0.531. The van der Waals surface area contributed by atoms with Crippen molar-refractivity contribution in [2.75, 3.05) is 26.9 Å². The van der Waals surface area contributed by atoms with Crippen molar-refractivity contribution in [1.82, 2.24) is 4.90 Å². The van der Waals surface area contributed by atoms with Gasteiger partial charge in [-0.25, -0.2) is 4.79 Å². The van der Waals surface area contributed by atoms with E-state index >= 15 is 0 Å². The molecule has 0 radical (unpaired) electrons. The van der Waals surface area contributed by atoms with Gasteiger partial charge < -0.3 is 23.9 Å². The number of rotatable bonds is 6. The Morgan fingerprint density at radius 3 is 2.77 bits per heavy atom. The van der Waals surface area contributed by atoms with E-state index in [1.807, 2.05) is 12.1 Å². The lowest BCUT2D eigenvalue weighted by Gasteiger charge is -2.22. The molecule has 1 aliphatic rings. The summed E-state index contributed by atoms with van der Waals surface area (Å²) in [5.74, 6) is 0.893.